The van der Waals surface area contributed by atoms with Gasteiger partial charge in [-0.25, -0.2) is 9.13 Å². The number of esters is 3. The molecular formula is C103H174O16P2. The number of carbonyl (C=O) groups excluding carboxylic acids is 3. The van der Waals surface area contributed by atoms with Crippen LogP contribution < -0.4 is 0 Å². The van der Waals surface area contributed by atoms with E-state index in [1.54, 1.807) is 0 Å². The van der Waals surface area contributed by atoms with Crippen LogP contribution in [-0.4, -0.2) is 95.9 Å². The van der Waals surface area contributed by atoms with Crippen molar-refractivity contribution >= 4 is 33.6 Å². The molecule has 692 valence electrons. The van der Waals surface area contributed by atoms with Crippen LogP contribution in [0.3, 0.4) is 0 Å². The van der Waals surface area contributed by atoms with Gasteiger partial charge < -0.3 is 34.2 Å². The summed E-state index contributed by atoms with van der Waals surface area (Å²) in [5.74, 6) is -1.59. The van der Waals surface area contributed by atoms with E-state index in [1.165, 1.54) is 167 Å². The van der Waals surface area contributed by atoms with E-state index in [2.05, 4.69) is 203 Å². The zero-order valence-corrected chi connectivity index (χ0v) is 78.2. The van der Waals surface area contributed by atoms with Gasteiger partial charge in [0.1, 0.15) is 25.4 Å². The van der Waals surface area contributed by atoms with E-state index in [0.717, 1.165) is 167 Å². The average molecular weight is 1730 g/mol. The van der Waals surface area contributed by atoms with Crippen molar-refractivity contribution in [1.29, 1.82) is 0 Å². The molecule has 5 atom stereocenters. The molecule has 121 heavy (non-hydrogen) atoms. The fourth-order valence-corrected chi connectivity index (χ4v) is 14.5. The Bertz CT molecular complexity index is 2930. The minimum Gasteiger partial charge on any atom is -0.463 e. The van der Waals surface area contributed by atoms with Crippen LogP contribution in [0.5, 0.6) is 0 Å². The van der Waals surface area contributed by atoms with Crippen LogP contribution in [-0.2, 0) is 55.8 Å². The molecule has 0 fully saturated rings. The van der Waals surface area contributed by atoms with Crippen LogP contribution in [0.2, 0.25) is 0 Å². The van der Waals surface area contributed by atoms with Crippen molar-refractivity contribution in [2.24, 2.45) is 0 Å². The van der Waals surface area contributed by atoms with Crippen LogP contribution in [0.1, 0.15) is 393 Å². The molecule has 0 spiro atoms. The van der Waals surface area contributed by atoms with Crippen LogP contribution in [0.15, 0.2) is 182 Å². The van der Waals surface area contributed by atoms with Crippen molar-refractivity contribution in [3.05, 3.63) is 182 Å². The van der Waals surface area contributed by atoms with Crippen LogP contribution >= 0.6 is 15.6 Å². The number of hydrogen-bond acceptors (Lipinski definition) is 14. The van der Waals surface area contributed by atoms with E-state index in [9.17, 15) is 43.5 Å². The van der Waals surface area contributed by atoms with Gasteiger partial charge in [-0.05, 0) is 161 Å². The largest absolute Gasteiger partial charge is 0.472 e. The third-order valence-corrected chi connectivity index (χ3v) is 22.0. The second kappa shape index (κ2) is 93.8. The zero-order chi connectivity index (χ0) is 87.9. The van der Waals surface area contributed by atoms with E-state index in [4.69, 9.17) is 32.3 Å². The molecule has 0 aromatic rings. The summed E-state index contributed by atoms with van der Waals surface area (Å²) in [5.41, 5.74) is 0. The van der Waals surface area contributed by atoms with Gasteiger partial charge in [-0.15, -0.1) is 0 Å². The number of aliphatic hydroxyl groups is 2. The lowest BCUT2D eigenvalue weighted by Gasteiger charge is -2.21. The number of aliphatic hydroxyl groups excluding tert-OH is 2. The molecule has 0 aliphatic heterocycles. The lowest BCUT2D eigenvalue weighted by Crippen LogP contribution is -2.30. The van der Waals surface area contributed by atoms with Crippen molar-refractivity contribution in [3.8, 4) is 0 Å². The van der Waals surface area contributed by atoms with E-state index in [-0.39, 0.29) is 19.3 Å². The van der Waals surface area contributed by atoms with Crippen LogP contribution in [0, 0.1) is 0 Å². The highest BCUT2D eigenvalue weighted by molar-refractivity contribution is 7.47. The molecule has 0 rings (SSSR count). The quantitative estimate of drug-likeness (QED) is 0.0146. The normalized spacial score (nSPS) is 14.5. The smallest absolute Gasteiger partial charge is 0.463 e. The van der Waals surface area contributed by atoms with Gasteiger partial charge >= 0.3 is 33.6 Å². The number of rotatable bonds is 90. The highest BCUT2D eigenvalue weighted by Gasteiger charge is 2.30. The SMILES string of the molecule is CC/C=C\C/C=C\C/C=C\C/C=C\C/C=C\C/C=C\CCCCCCCCCCCCCCCCC(=O)OCC(O)COP(=O)(O)OCC(O)COP(=O)(O)OCC(COC(=O)CCCCCCCCCCCCCCCCC/C=C\C/C=C\C/C=C\C/C=C\CCCCC)OC(=O)CCCCCCC/C=C\C/C=C\C/C=C\C/C=C\C/C=C\CC. The van der Waals surface area contributed by atoms with E-state index >= 15 is 0 Å². The second-order valence-electron chi connectivity index (χ2n) is 31.8. The van der Waals surface area contributed by atoms with Gasteiger partial charge in [-0.3, -0.25) is 32.5 Å². The summed E-state index contributed by atoms with van der Waals surface area (Å²) in [4.78, 5) is 59.1. The first-order valence-corrected chi connectivity index (χ1v) is 51.1. The molecule has 5 unspecified atom stereocenters. The van der Waals surface area contributed by atoms with Crippen molar-refractivity contribution in [2.75, 3.05) is 39.6 Å². The minimum atomic E-state index is -4.95. The Morgan fingerprint density at radius 2 is 0.438 bits per heavy atom. The molecule has 0 aliphatic rings. The van der Waals surface area contributed by atoms with Gasteiger partial charge in [0.05, 0.1) is 26.4 Å². The molecule has 18 heteroatoms. The maximum absolute atomic E-state index is 13.1. The summed E-state index contributed by atoms with van der Waals surface area (Å²) >= 11 is 0. The van der Waals surface area contributed by atoms with Gasteiger partial charge in [0.15, 0.2) is 6.10 Å². The van der Waals surface area contributed by atoms with Crippen molar-refractivity contribution < 1.29 is 75.8 Å². The van der Waals surface area contributed by atoms with E-state index < -0.39 is 91.5 Å². The van der Waals surface area contributed by atoms with Crippen LogP contribution in [0.4, 0.5) is 0 Å². The molecular weight excluding hydrogens is 1560 g/mol. The Hall–Kier alpha value is -5.35. The number of hydrogen-bond donors (Lipinski definition) is 4. The second-order valence-corrected chi connectivity index (χ2v) is 34.7. The number of carbonyl (C=O) groups is 3. The first-order chi connectivity index (χ1) is 59.2. The van der Waals surface area contributed by atoms with Crippen LogP contribution in [0.25, 0.3) is 0 Å². The summed E-state index contributed by atoms with van der Waals surface area (Å²) in [6.07, 6.45) is 124. The Morgan fingerprint density at radius 3 is 0.694 bits per heavy atom. The first-order valence-electron chi connectivity index (χ1n) is 48.1. The lowest BCUT2D eigenvalue weighted by atomic mass is 10.0. The Labute approximate surface area is 738 Å². The molecule has 0 aromatic heterocycles. The van der Waals surface area contributed by atoms with Crippen molar-refractivity contribution in [2.45, 2.75) is 411 Å². The number of unbranched alkanes of at least 4 members (excludes halogenated alkanes) is 37. The highest BCUT2D eigenvalue weighted by Crippen LogP contribution is 2.45. The van der Waals surface area contributed by atoms with Gasteiger partial charge in [-0.1, -0.05) is 396 Å². The predicted octanol–water partition coefficient (Wildman–Crippen LogP) is 30.0. The topological polar surface area (TPSA) is 231 Å². The van der Waals surface area contributed by atoms with Gasteiger partial charge in [-0.2, -0.15) is 0 Å². The molecule has 0 heterocycles. The van der Waals surface area contributed by atoms with Crippen molar-refractivity contribution in [1.82, 2.24) is 0 Å². The summed E-state index contributed by atoms with van der Waals surface area (Å²) in [6.45, 7) is 2.45. The molecule has 0 amide bonds. The number of phosphoric acid groups is 2. The molecule has 0 aromatic carbocycles. The molecule has 0 saturated heterocycles. The number of allylic oxidation sites excluding steroid dienone is 30. The molecule has 0 bridgehead atoms. The fraction of sp³-hybridized carbons (Fsp3) is 0.680. The third kappa shape index (κ3) is 95.2. The molecule has 16 nitrogen and oxygen atoms in total. The monoisotopic (exact) mass is 1730 g/mol. The van der Waals surface area contributed by atoms with Gasteiger partial charge in [0, 0.05) is 19.3 Å². The average Bonchev–Trinajstić information content (AvgIpc) is 0.889. The van der Waals surface area contributed by atoms with Gasteiger partial charge in [0.25, 0.3) is 0 Å². The summed E-state index contributed by atoms with van der Waals surface area (Å²) in [6, 6.07) is 0. The number of phosphoric ester groups is 2. The fourth-order valence-electron chi connectivity index (χ4n) is 12.9. The third-order valence-electron chi connectivity index (χ3n) is 20.1. The van der Waals surface area contributed by atoms with Gasteiger partial charge in [0.2, 0.25) is 0 Å². The minimum absolute atomic E-state index is 0.0785. The Balaban J connectivity index is 4.58. The first kappa shape index (κ1) is 116. The van der Waals surface area contributed by atoms with E-state index in [0.29, 0.717) is 19.3 Å². The molecule has 0 aliphatic carbocycles. The predicted molar refractivity (Wildman–Crippen MR) is 509 cm³/mol. The lowest BCUT2D eigenvalue weighted by molar-refractivity contribution is -0.161. The molecule has 0 radical (unpaired) electrons. The van der Waals surface area contributed by atoms with Crippen molar-refractivity contribution in [3.63, 3.8) is 0 Å². The number of ether oxygens (including phenoxy) is 3. The highest BCUT2D eigenvalue weighted by atomic mass is 31.2. The molecule has 0 saturated carbocycles. The Morgan fingerprint density at radius 1 is 0.240 bits per heavy atom. The zero-order valence-electron chi connectivity index (χ0n) is 76.4. The summed E-state index contributed by atoms with van der Waals surface area (Å²) in [7, 11) is -9.82. The maximum atomic E-state index is 13.1. The standard InChI is InChI=1S/C103H174O16P2/c1-4-7-10-13-16-19-22-25-28-31-34-37-39-41-43-45-47-48-50-52-53-55-57-60-62-65-68-71-74-77-80-83-86-89-101(106)113-92-98(104)93-115-120(109,110)116-94-99(105)95-117-121(111,112)118-97-100(119-103(108)91-88-85-82-79-76-73-70-67-64-59-36-33-30-27-24-21-18-15-12-9-6-3)96-114-102(107)90-87-84-81-78-75-72-69-66-63-61-58-56-54-51-49-46-44-42-40-38-35-32-29-26-23-20-17-14-11-8-5-2/h7,9-10,12,16-21,25-30,34-38,41-44,47-48,59,67,70,98-100,104-105H,4-6,8,11,13-15,22-24,31-33,39-40,45-46,49-58,60-66,68-69,71-97H2,1-3H3,(H,109,110)(H,111,112)/b10-7-,12-9-,19-16-,20-17-,21-18-,28-25-,29-26-,30-27-,37-34-,38-35-,43-41-,44-42-,48-47-,59-36-,70-67-. The summed E-state index contributed by atoms with van der Waals surface area (Å²) in [5, 5.41) is 20.8. The Kier molecular flexibility index (Phi) is 89.6. The molecule has 4 N–H and O–H groups in total. The summed E-state index contributed by atoms with van der Waals surface area (Å²) < 4.78 is 61.5. The van der Waals surface area contributed by atoms with E-state index in [1.807, 2.05) is 0 Å². The maximum Gasteiger partial charge on any atom is 0.472 e.